The van der Waals surface area contributed by atoms with Crippen molar-refractivity contribution in [2.24, 2.45) is 17.3 Å². The summed E-state index contributed by atoms with van der Waals surface area (Å²) in [6.45, 7) is 30.8. The molecule has 0 N–H and O–H groups in total. The SMILES string of the molecule is Cc1cc2c3c(c1)N(c1ccc(C(C)(C)C)cc1)c1c(sc4ccc(C(C)(C)C)cc14)B3c1cc3c(cc1N2C1=CC(C)C(C(C)(C)C)C=C1)C1(CS3)c2ccccc2C(C)(C)c2ccccc21. The van der Waals surface area contributed by atoms with Gasteiger partial charge in [0.25, 0.3) is 6.71 Å². The van der Waals surface area contributed by atoms with Gasteiger partial charge in [0.2, 0.25) is 0 Å². The standard InChI is InChI=1S/C63H65BN2S2/c1-37-30-52-56-53(31-37)66(41-25-22-39(23-26-41)59(3,4)5)57-43-33-40(60(6,7)8)24-29-54(43)68-58(57)64(56)50-35-55-49(34-51(50)65(52)42-27-28-44(38(2)32-42)61(9,10)11)63(36-67-55)47-20-16-14-18-45(47)62(12,13)46-19-15-17-21-48(46)63/h14-35,38,44H,36H2,1-13H3. The van der Waals surface area contributed by atoms with Crippen LogP contribution in [0.4, 0.5) is 28.4 Å². The Balaban J connectivity index is 1.17. The summed E-state index contributed by atoms with van der Waals surface area (Å²) in [5.74, 6) is 1.79. The van der Waals surface area contributed by atoms with Crippen molar-refractivity contribution < 1.29 is 0 Å². The second-order valence-electron chi connectivity index (χ2n) is 24.4. The topological polar surface area (TPSA) is 6.48 Å². The Bertz CT molecular complexity index is 3270. The van der Waals surface area contributed by atoms with Crippen LogP contribution in [0.15, 0.2) is 144 Å². The zero-order valence-corrected chi connectivity index (χ0v) is 44.0. The van der Waals surface area contributed by atoms with E-state index in [0.717, 1.165) is 5.75 Å². The summed E-state index contributed by atoms with van der Waals surface area (Å²) in [7, 11) is 0. The number of fused-ring (bicyclic) bond motifs is 12. The predicted octanol–water partition coefficient (Wildman–Crippen LogP) is 15.4. The molecule has 2 atom stereocenters. The average Bonchev–Trinajstić information content (AvgIpc) is 3.85. The molecule has 0 radical (unpaired) electrons. The van der Waals surface area contributed by atoms with E-state index < -0.39 is 0 Å². The molecular formula is C63H65BN2S2. The number of allylic oxidation sites excluding steroid dienone is 3. The normalized spacial score (nSPS) is 19.6. The molecule has 0 bridgehead atoms. The van der Waals surface area contributed by atoms with E-state index in [0.29, 0.717) is 11.8 Å². The van der Waals surface area contributed by atoms with Gasteiger partial charge in [-0.05, 0) is 139 Å². The minimum atomic E-state index is -0.280. The van der Waals surface area contributed by atoms with Crippen LogP contribution in [-0.4, -0.2) is 12.5 Å². The first-order valence-corrected chi connectivity index (χ1v) is 26.8. The van der Waals surface area contributed by atoms with Crippen LogP contribution in [0.25, 0.3) is 10.1 Å². The van der Waals surface area contributed by atoms with Gasteiger partial charge in [0.15, 0.2) is 0 Å². The zero-order valence-electron chi connectivity index (χ0n) is 42.4. The number of thioether (sulfide) groups is 1. The molecule has 0 fully saturated rings. The lowest BCUT2D eigenvalue weighted by atomic mass is 9.36. The molecule has 2 aliphatic carbocycles. The number of hydrogen-bond donors (Lipinski definition) is 0. The maximum atomic E-state index is 2.70. The highest BCUT2D eigenvalue weighted by Crippen LogP contribution is 2.60. The Morgan fingerprint density at radius 2 is 1.25 bits per heavy atom. The first-order valence-electron chi connectivity index (χ1n) is 25.0. The first kappa shape index (κ1) is 44.0. The molecule has 342 valence electrons. The molecule has 4 heterocycles. The van der Waals surface area contributed by atoms with Crippen molar-refractivity contribution in [3.8, 4) is 0 Å². The fraction of sp³-hybridized carbons (Fsp3) is 0.333. The van der Waals surface area contributed by atoms with E-state index >= 15 is 0 Å². The lowest BCUT2D eigenvalue weighted by molar-refractivity contribution is 0.243. The Morgan fingerprint density at radius 1 is 0.647 bits per heavy atom. The average molecular weight is 925 g/mol. The molecule has 68 heavy (non-hydrogen) atoms. The van der Waals surface area contributed by atoms with Crippen LogP contribution in [-0.2, 0) is 21.7 Å². The molecule has 1 spiro atoms. The van der Waals surface area contributed by atoms with Crippen molar-refractivity contribution in [2.75, 3.05) is 15.6 Å². The third-order valence-corrected chi connectivity index (χ3v) is 19.0. The van der Waals surface area contributed by atoms with Crippen molar-refractivity contribution in [3.05, 3.63) is 184 Å². The fourth-order valence-corrected chi connectivity index (χ4v) is 15.8. The van der Waals surface area contributed by atoms with Crippen molar-refractivity contribution in [1.82, 2.24) is 0 Å². The second-order valence-corrected chi connectivity index (χ2v) is 26.5. The summed E-state index contributed by atoms with van der Waals surface area (Å²) >= 11 is 4.08. The van der Waals surface area contributed by atoms with Crippen molar-refractivity contribution in [3.63, 3.8) is 0 Å². The molecule has 7 aromatic rings. The highest BCUT2D eigenvalue weighted by molar-refractivity contribution is 7.99. The summed E-state index contributed by atoms with van der Waals surface area (Å²) < 4.78 is 2.79. The zero-order chi connectivity index (χ0) is 47.6. The van der Waals surface area contributed by atoms with Crippen LogP contribution in [0.1, 0.15) is 128 Å². The summed E-state index contributed by atoms with van der Waals surface area (Å²) in [5.41, 5.74) is 21.6. The van der Waals surface area contributed by atoms with Crippen molar-refractivity contribution in [1.29, 1.82) is 0 Å². The molecule has 5 aliphatic rings. The van der Waals surface area contributed by atoms with E-state index in [-0.39, 0.29) is 33.8 Å². The van der Waals surface area contributed by atoms with Crippen LogP contribution in [0.5, 0.6) is 0 Å². The number of thiophene rings is 1. The molecule has 0 amide bonds. The molecule has 1 aromatic heterocycles. The minimum absolute atomic E-state index is 0.0140. The van der Waals surface area contributed by atoms with Crippen LogP contribution in [0.3, 0.4) is 0 Å². The summed E-state index contributed by atoms with van der Waals surface area (Å²) in [5, 5.41) is 1.35. The third kappa shape index (κ3) is 6.22. The van der Waals surface area contributed by atoms with Gasteiger partial charge in [0, 0.05) is 59.4 Å². The van der Waals surface area contributed by atoms with E-state index in [1.807, 2.05) is 11.3 Å². The van der Waals surface area contributed by atoms with Gasteiger partial charge in [-0.1, -0.05) is 168 Å². The van der Waals surface area contributed by atoms with Crippen LogP contribution < -0.4 is 25.5 Å². The van der Waals surface area contributed by atoms with Crippen LogP contribution >= 0.6 is 23.1 Å². The predicted molar refractivity (Wildman–Crippen MR) is 297 cm³/mol. The van der Waals surface area contributed by atoms with Crippen molar-refractivity contribution >= 4 is 84.0 Å². The first-order chi connectivity index (χ1) is 32.2. The van der Waals surface area contributed by atoms with E-state index in [2.05, 4.69) is 245 Å². The van der Waals surface area contributed by atoms with Gasteiger partial charge in [-0.2, -0.15) is 0 Å². The van der Waals surface area contributed by atoms with E-state index in [1.54, 1.807) is 0 Å². The number of rotatable bonds is 2. The van der Waals surface area contributed by atoms with Gasteiger partial charge in [-0.15, -0.1) is 23.1 Å². The quantitative estimate of drug-likeness (QED) is 0.160. The lowest BCUT2D eigenvalue weighted by Crippen LogP contribution is -2.61. The molecule has 0 saturated carbocycles. The highest BCUT2D eigenvalue weighted by atomic mass is 32.2. The number of hydrogen-bond acceptors (Lipinski definition) is 4. The maximum absolute atomic E-state index is 2.70. The molecule has 0 saturated heterocycles. The van der Waals surface area contributed by atoms with Gasteiger partial charge in [-0.3, -0.25) is 0 Å². The molecule has 2 unspecified atom stereocenters. The summed E-state index contributed by atoms with van der Waals surface area (Å²) in [6.07, 6.45) is 7.57. The van der Waals surface area contributed by atoms with Gasteiger partial charge in [0.05, 0.1) is 11.1 Å². The van der Waals surface area contributed by atoms with E-state index in [1.165, 1.54) is 109 Å². The van der Waals surface area contributed by atoms with Gasteiger partial charge < -0.3 is 9.80 Å². The second kappa shape index (κ2) is 14.7. The van der Waals surface area contributed by atoms with Crippen LogP contribution in [0.2, 0.25) is 0 Å². The lowest BCUT2D eigenvalue weighted by Gasteiger charge is -2.47. The van der Waals surface area contributed by atoms with E-state index in [9.17, 15) is 0 Å². The molecular weight excluding hydrogens is 860 g/mol. The van der Waals surface area contributed by atoms with Crippen LogP contribution in [0, 0.1) is 24.2 Å². The number of benzene rings is 6. The monoisotopic (exact) mass is 924 g/mol. The molecule has 6 aromatic carbocycles. The number of nitrogens with zero attached hydrogens (tertiary/aromatic N) is 2. The van der Waals surface area contributed by atoms with Gasteiger partial charge in [-0.25, -0.2) is 0 Å². The third-order valence-electron chi connectivity index (χ3n) is 16.5. The Kier molecular flexibility index (Phi) is 9.49. The fourth-order valence-electron chi connectivity index (χ4n) is 13.1. The van der Waals surface area contributed by atoms with E-state index in [4.69, 9.17) is 0 Å². The highest BCUT2D eigenvalue weighted by Gasteiger charge is 2.53. The molecule has 5 heteroatoms. The Morgan fingerprint density at radius 3 is 1.85 bits per heavy atom. The number of aryl methyl sites for hydroxylation is 1. The number of anilines is 5. The minimum Gasteiger partial charge on any atom is -0.312 e. The summed E-state index contributed by atoms with van der Waals surface area (Å²) in [6, 6.07) is 45.9. The van der Waals surface area contributed by atoms with Gasteiger partial charge >= 0.3 is 0 Å². The molecule has 3 aliphatic heterocycles. The smallest absolute Gasteiger partial charge is 0.264 e. The van der Waals surface area contributed by atoms with Crippen molar-refractivity contribution in [2.45, 2.75) is 117 Å². The van der Waals surface area contributed by atoms with Gasteiger partial charge in [0.1, 0.15) is 0 Å². The molecule has 2 nitrogen and oxygen atoms in total. The summed E-state index contributed by atoms with van der Waals surface area (Å²) in [4.78, 5) is 6.76. The largest absolute Gasteiger partial charge is 0.312 e. The Labute approximate surface area is 414 Å². The maximum Gasteiger partial charge on any atom is 0.264 e. The molecule has 12 rings (SSSR count). The Hall–Kier alpha value is -5.23.